The third-order valence-corrected chi connectivity index (χ3v) is 12.2. The minimum Gasteiger partial charge on any atom is -0.496 e. The molecule has 5 aromatic heterocycles. The van der Waals surface area contributed by atoms with E-state index in [4.69, 9.17) is 28.8 Å². The molecule has 252 valence electrons. The van der Waals surface area contributed by atoms with Gasteiger partial charge in [0.05, 0.1) is 42.6 Å². The van der Waals surface area contributed by atoms with Crippen molar-refractivity contribution in [2.24, 2.45) is 0 Å². The van der Waals surface area contributed by atoms with E-state index in [9.17, 15) is 8.42 Å². The molecule has 0 unspecified atom stereocenters. The lowest BCUT2D eigenvalue weighted by Gasteiger charge is -2.22. The lowest BCUT2D eigenvalue weighted by molar-refractivity contribution is 0.0753. The average molecular weight is 708 g/mol. The number of methoxy groups -OCH3 is 2. The molecule has 0 aliphatic heterocycles. The van der Waals surface area contributed by atoms with Gasteiger partial charge in [0, 0.05) is 40.1 Å². The van der Waals surface area contributed by atoms with Crippen molar-refractivity contribution in [2.75, 3.05) is 38.5 Å². The molecule has 48 heavy (non-hydrogen) atoms. The summed E-state index contributed by atoms with van der Waals surface area (Å²) in [6.07, 6.45) is 0. The molecule has 6 rings (SSSR count). The first-order valence-corrected chi connectivity index (χ1v) is 18.4. The second-order valence-corrected chi connectivity index (χ2v) is 15.7. The van der Waals surface area contributed by atoms with Crippen LogP contribution in [0.1, 0.15) is 33.2 Å². The molecule has 0 spiro atoms. The minimum absolute atomic E-state index is 0.151. The summed E-state index contributed by atoms with van der Waals surface area (Å²) >= 11 is 2.83. The van der Waals surface area contributed by atoms with E-state index in [-0.39, 0.29) is 23.4 Å². The molecule has 0 radical (unpaired) electrons. The first-order valence-electron chi connectivity index (χ1n) is 15.2. The van der Waals surface area contributed by atoms with E-state index in [0.717, 1.165) is 47.6 Å². The number of hydrogen-bond donors (Lipinski definition) is 0. The van der Waals surface area contributed by atoms with Gasteiger partial charge in [-0.15, -0.1) is 22.7 Å². The van der Waals surface area contributed by atoms with Gasteiger partial charge in [0.25, 0.3) is 10.0 Å². The lowest BCUT2D eigenvalue weighted by Crippen LogP contribution is -2.34. The number of hydrogen-bond acceptors (Lipinski definition) is 11. The summed E-state index contributed by atoms with van der Waals surface area (Å²) in [5.74, 6) is 1.25. The topological polar surface area (TPSA) is 122 Å². The molecule has 0 aliphatic rings. The number of fused-ring (bicyclic) bond motifs is 1. The van der Waals surface area contributed by atoms with Crippen LogP contribution >= 0.6 is 22.7 Å². The van der Waals surface area contributed by atoms with Crippen molar-refractivity contribution in [3.8, 4) is 27.4 Å². The Hall–Kier alpha value is -4.08. The predicted molar refractivity (Wildman–Crippen MR) is 189 cm³/mol. The Bertz CT molecular complexity index is 2180. The van der Waals surface area contributed by atoms with E-state index < -0.39 is 10.0 Å². The van der Waals surface area contributed by atoms with E-state index in [0.29, 0.717) is 41.4 Å². The number of thiophene rings is 2. The second kappa shape index (κ2) is 13.8. The zero-order valence-corrected chi connectivity index (χ0v) is 30.3. The molecule has 0 bridgehead atoms. The predicted octanol–water partition coefficient (Wildman–Crippen LogP) is 7.29. The number of pyridine rings is 1. The Morgan fingerprint density at radius 3 is 2.50 bits per heavy atom. The van der Waals surface area contributed by atoms with E-state index in [1.807, 2.05) is 61.2 Å². The smallest absolute Gasteiger partial charge is 0.277 e. The molecule has 11 nitrogen and oxygen atoms in total. The average Bonchev–Trinajstić information content (AvgIpc) is 3.86. The summed E-state index contributed by atoms with van der Waals surface area (Å²) in [5, 5.41) is 12.2. The van der Waals surface area contributed by atoms with Crippen molar-refractivity contribution in [3.63, 3.8) is 0 Å². The van der Waals surface area contributed by atoms with E-state index in [1.54, 1.807) is 39.4 Å². The summed E-state index contributed by atoms with van der Waals surface area (Å²) in [6.45, 7) is 10.1. The summed E-state index contributed by atoms with van der Waals surface area (Å²) < 4.78 is 54.2. The molecule has 0 N–H and O–H groups in total. The molecule has 14 heteroatoms. The third-order valence-electron chi connectivity index (χ3n) is 8.04. The SMILES string of the molecule is COCCOCN(c1noc(C)c1C)S(=O)(=O)c1sc(C)cc1-c1ccc(Cn2nc(-c3cccs3)c3c(C)nc(C)cc32)cc1OC. The fourth-order valence-corrected chi connectivity index (χ4v) is 9.42. The highest BCUT2D eigenvalue weighted by Gasteiger charge is 2.34. The normalized spacial score (nSPS) is 11.9. The summed E-state index contributed by atoms with van der Waals surface area (Å²) in [7, 11) is -1.01. The van der Waals surface area contributed by atoms with Crippen LogP contribution in [0.15, 0.2) is 56.6 Å². The van der Waals surface area contributed by atoms with Gasteiger partial charge in [-0.25, -0.2) is 12.7 Å². The zero-order chi connectivity index (χ0) is 34.2. The van der Waals surface area contributed by atoms with Crippen molar-refractivity contribution in [3.05, 3.63) is 81.0 Å². The highest BCUT2D eigenvalue weighted by molar-refractivity contribution is 7.95. The molecule has 0 saturated heterocycles. The van der Waals surface area contributed by atoms with Crippen LogP contribution in [-0.4, -0.2) is 62.5 Å². The van der Waals surface area contributed by atoms with Gasteiger partial charge in [-0.05, 0) is 69.8 Å². The monoisotopic (exact) mass is 707 g/mol. The number of sulfonamides is 1. The quantitative estimate of drug-likeness (QED) is 0.0900. The largest absolute Gasteiger partial charge is 0.496 e. The van der Waals surface area contributed by atoms with Crippen LogP contribution in [0.5, 0.6) is 5.75 Å². The van der Waals surface area contributed by atoms with Crippen LogP contribution in [0, 0.1) is 34.6 Å². The van der Waals surface area contributed by atoms with Crippen LogP contribution < -0.4 is 9.04 Å². The molecule has 1 aromatic carbocycles. The zero-order valence-electron chi connectivity index (χ0n) is 27.9. The van der Waals surface area contributed by atoms with Gasteiger partial charge < -0.3 is 18.7 Å². The fraction of sp³-hybridized carbons (Fsp3) is 0.324. The van der Waals surface area contributed by atoms with Gasteiger partial charge >= 0.3 is 0 Å². The Balaban J connectivity index is 1.39. The molecule has 0 amide bonds. The van der Waals surface area contributed by atoms with Gasteiger partial charge in [0.2, 0.25) is 0 Å². The lowest BCUT2D eigenvalue weighted by atomic mass is 10.0. The summed E-state index contributed by atoms with van der Waals surface area (Å²) in [5.41, 5.74) is 6.50. The van der Waals surface area contributed by atoms with Crippen LogP contribution in [0.4, 0.5) is 5.82 Å². The molecule has 0 fully saturated rings. The van der Waals surface area contributed by atoms with E-state index >= 15 is 0 Å². The molecular formula is C34H37N5O6S3. The van der Waals surface area contributed by atoms with Gasteiger partial charge in [-0.3, -0.25) is 9.67 Å². The Morgan fingerprint density at radius 2 is 1.81 bits per heavy atom. The van der Waals surface area contributed by atoms with Gasteiger partial charge in [0.15, 0.2) is 5.82 Å². The fourth-order valence-electron chi connectivity index (χ4n) is 5.61. The van der Waals surface area contributed by atoms with Crippen molar-refractivity contribution in [2.45, 2.75) is 45.4 Å². The standard InChI is InChI=1S/C34H37N5O6S3/c1-20-15-28-31(23(4)35-20)32(30-9-8-14-46-30)36-38(28)18-25-10-11-26(29(17-25)43-7)27-16-21(2)47-34(27)48(40,41)39(19-44-13-12-42-6)33-22(3)24(5)45-37-33/h8-11,14-17H,12-13,18-19H2,1-7H3. The highest BCUT2D eigenvalue weighted by atomic mass is 32.2. The summed E-state index contributed by atoms with van der Waals surface area (Å²) in [4.78, 5) is 6.62. The van der Waals surface area contributed by atoms with Crippen LogP contribution in [-0.2, 0) is 26.0 Å². The van der Waals surface area contributed by atoms with Gasteiger partial charge in [-0.2, -0.15) is 5.10 Å². The van der Waals surface area contributed by atoms with Crippen molar-refractivity contribution in [1.82, 2.24) is 19.9 Å². The van der Waals surface area contributed by atoms with E-state index in [2.05, 4.69) is 17.3 Å². The van der Waals surface area contributed by atoms with Gasteiger partial charge in [-0.1, -0.05) is 23.4 Å². The number of benzene rings is 1. The van der Waals surface area contributed by atoms with Crippen molar-refractivity contribution < 1.29 is 27.2 Å². The first kappa shape index (κ1) is 33.8. The Labute approximate surface area is 287 Å². The van der Waals surface area contributed by atoms with Crippen LogP contribution in [0.2, 0.25) is 0 Å². The number of aromatic nitrogens is 4. The molecule has 0 saturated carbocycles. The van der Waals surface area contributed by atoms with Crippen LogP contribution in [0.3, 0.4) is 0 Å². The minimum atomic E-state index is -4.15. The number of ether oxygens (including phenoxy) is 3. The Kier molecular flexibility index (Phi) is 9.72. The maximum atomic E-state index is 14.4. The molecular weight excluding hydrogens is 671 g/mol. The third kappa shape index (κ3) is 6.38. The summed E-state index contributed by atoms with van der Waals surface area (Å²) in [6, 6.07) is 13.8. The number of nitrogens with zero attached hydrogens (tertiary/aromatic N) is 5. The molecule has 6 aromatic rings. The number of aryl methyl sites for hydroxylation is 4. The second-order valence-electron chi connectivity index (χ2n) is 11.4. The molecule has 0 aliphatic carbocycles. The number of anilines is 1. The maximum absolute atomic E-state index is 14.4. The highest BCUT2D eigenvalue weighted by Crippen LogP contribution is 2.42. The van der Waals surface area contributed by atoms with Crippen LogP contribution in [0.25, 0.3) is 32.6 Å². The number of rotatable bonds is 13. The van der Waals surface area contributed by atoms with Gasteiger partial charge in [0.1, 0.15) is 28.1 Å². The maximum Gasteiger partial charge on any atom is 0.277 e. The van der Waals surface area contributed by atoms with E-state index in [1.165, 1.54) is 11.3 Å². The molecule has 5 heterocycles. The Morgan fingerprint density at radius 1 is 1.00 bits per heavy atom. The molecule has 0 atom stereocenters. The first-order chi connectivity index (χ1) is 23.0. The van der Waals surface area contributed by atoms with Crippen molar-refractivity contribution in [1.29, 1.82) is 0 Å². The van der Waals surface area contributed by atoms with Crippen molar-refractivity contribution >= 4 is 49.4 Å².